The van der Waals surface area contributed by atoms with Gasteiger partial charge in [-0.3, -0.25) is 20.2 Å². The molecule has 0 aliphatic rings. The number of hydrogen-bond acceptors (Lipinski definition) is 7. The van der Waals surface area contributed by atoms with E-state index in [1.54, 1.807) is 35.0 Å². The van der Waals surface area contributed by atoms with Crippen molar-refractivity contribution in [2.24, 2.45) is 5.92 Å². The van der Waals surface area contributed by atoms with Crippen LogP contribution in [0, 0.1) is 27.4 Å². The minimum atomic E-state index is -0.600. The number of rotatable bonds is 7. The van der Waals surface area contributed by atoms with Crippen molar-refractivity contribution in [3.05, 3.63) is 69.0 Å². The zero-order valence-corrected chi connectivity index (χ0v) is 17.1. The first-order valence-corrected chi connectivity index (χ1v) is 9.86. The van der Waals surface area contributed by atoms with Crippen LogP contribution in [0.1, 0.15) is 24.5 Å². The first-order valence-electron chi connectivity index (χ1n) is 9.05. The lowest BCUT2D eigenvalue weighted by atomic mass is 10.1. The second-order valence-corrected chi connectivity index (χ2v) is 7.86. The summed E-state index contributed by atoms with van der Waals surface area (Å²) in [5.74, 6) is -0.186. The number of nitriles is 1. The molecule has 0 unspecified atom stereocenters. The van der Waals surface area contributed by atoms with Gasteiger partial charge in [-0.05, 0) is 30.2 Å². The molecule has 1 amide bonds. The van der Waals surface area contributed by atoms with E-state index in [0.717, 1.165) is 11.4 Å². The molecule has 30 heavy (non-hydrogen) atoms. The number of nitro benzene ring substituents is 1. The molecule has 1 N–H and O–H groups in total. The van der Waals surface area contributed by atoms with Gasteiger partial charge in [-0.2, -0.15) is 5.26 Å². The Balaban J connectivity index is 1.83. The predicted octanol–water partition coefficient (Wildman–Crippen LogP) is 3.98. The summed E-state index contributed by atoms with van der Waals surface area (Å²) in [7, 11) is 0. The van der Waals surface area contributed by atoms with Gasteiger partial charge in [0, 0.05) is 30.4 Å². The van der Waals surface area contributed by atoms with Gasteiger partial charge in [-0.1, -0.05) is 31.3 Å². The summed E-state index contributed by atoms with van der Waals surface area (Å²) < 4.78 is 1.66. The Labute approximate surface area is 176 Å². The van der Waals surface area contributed by atoms with E-state index >= 15 is 0 Å². The molecule has 2 aromatic heterocycles. The molecule has 1 aromatic carbocycles. The molecule has 0 fully saturated rings. The molecule has 0 radical (unpaired) electrons. The van der Waals surface area contributed by atoms with Gasteiger partial charge in [-0.25, -0.2) is 0 Å². The quantitative estimate of drug-likeness (QED) is 0.265. The third-order valence-corrected chi connectivity index (χ3v) is 4.89. The maximum atomic E-state index is 12.5. The molecule has 0 bridgehead atoms. The average molecular weight is 422 g/mol. The topological polar surface area (TPSA) is 127 Å². The van der Waals surface area contributed by atoms with Gasteiger partial charge in [0.1, 0.15) is 16.6 Å². The largest absolute Gasteiger partial charge is 0.317 e. The molecular formula is C20H18N6O3S. The Morgan fingerprint density at radius 1 is 1.37 bits per heavy atom. The van der Waals surface area contributed by atoms with Crippen molar-refractivity contribution in [3.63, 3.8) is 0 Å². The van der Waals surface area contributed by atoms with Crippen molar-refractivity contribution >= 4 is 34.1 Å². The number of carbonyl (C=O) groups excluding carboxylic acids is 1. The molecule has 2 heterocycles. The third kappa shape index (κ3) is 4.95. The number of hydrogen-bond donors (Lipinski definition) is 1. The molecule has 0 aliphatic carbocycles. The van der Waals surface area contributed by atoms with Crippen LogP contribution in [0.4, 0.5) is 10.8 Å². The van der Waals surface area contributed by atoms with Gasteiger partial charge in [0.25, 0.3) is 11.6 Å². The van der Waals surface area contributed by atoms with Crippen LogP contribution in [0.25, 0.3) is 11.8 Å². The molecule has 0 saturated carbocycles. The molecule has 10 heteroatoms. The van der Waals surface area contributed by atoms with E-state index in [2.05, 4.69) is 29.4 Å². The number of aromatic nitrogens is 3. The summed E-state index contributed by atoms with van der Waals surface area (Å²) >= 11 is 1.27. The van der Waals surface area contributed by atoms with Crippen LogP contribution < -0.4 is 5.32 Å². The normalized spacial score (nSPS) is 11.3. The van der Waals surface area contributed by atoms with E-state index in [9.17, 15) is 20.2 Å². The van der Waals surface area contributed by atoms with Crippen molar-refractivity contribution in [1.29, 1.82) is 5.26 Å². The highest BCUT2D eigenvalue weighted by Crippen LogP contribution is 2.22. The van der Waals surface area contributed by atoms with E-state index in [1.165, 1.54) is 29.5 Å². The summed E-state index contributed by atoms with van der Waals surface area (Å²) in [5.41, 5.74) is 0.893. The first kappa shape index (κ1) is 20.9. The predicted molar refractivity (Wildman–Crippen MR) is 113 cm³/mol. The van der Waals surface area contributed by atoms with Crippen molar-refractivity contribution in [3.8, 4) is 11.8 Å². The first-order chi connectivity index (χ1) is 14.4. The van der Waals surface area contributed by atoms with Gasteiger partial charge in [-0.15, -0.1) is 10.2 Å². The van der Waals surface area contributed by atoms with E-state index in [4.69, 9.17) is 0 Å². The number of nitrogens with zero attached hydrogens (tertiary/aromatic N) is 5. The Morgan fingerprint density at radius 2 is 2.17 bits per heavy atom. The standard InChI is InChI=1S/C20H18N6O3S/c1-13(2)9-18-23-24-20(30-18)22-19(27)14(12-21)10-15-7-4-8-25(15)16-5-3-6-17(11-16)26(28)29/h3-8,10-11,13H,9H2,1-2H3,(H,22,24,27)/b14-10-. The summed E-state index contributed by atoms with van der Waals surface area (Å²) in [6.07, 6.45) is 3.87. The minimum absolute atomic E-state index is 0.0529. The highest BCUT2D eigenvalue weighted by molar-refractivity contribution is 7.15. The van der Waals surface area contributed by atoms with Crippen LogP contribution in [0.5, 0.6) is 0 Å². The Kier molecular flexibility index (Phi) is 6.34. The van der Waals surface area contributed by atoms with Gasteiger partial charge in [0.15, 0.2) is 0 Å². The van der Waals surface area contributed by atoms with Crippen LogP contribution in [0.2, 0.25) is 0 Å². The lowest BCUT2D eigenvalue weighted by Crippen LogP contribution is -2.13. The maximum absolute atomic E-state index is 12.5. The molecule has 0 saturated heterocycles. The lowest BCUT2D eigenvalue weighted by Gasteiger charge is -2.07. The molecule has 3 aromatic rings. The van der Waals surface area contributed by atoms with Gasteiger partial charge < -0.3 is 4.57 Å². The summed E-state index contributed by atoms with van der Waals surface area (Å²) in [4.78, 5) is 23.1. The van der Waals surface area contributed by atoms with Crippen LogP contribution in [0.15, 0.2) is 48.2 Å². The van der Waals surface area contributed by atoms with Crippen molar-refractivity contribution in [2.75, 3.05) is 5.32 Å². The van der Waals surface area contributed by atoms with Gasteiger partial charge in [0.2, 0.25) is 5.13 Å². The summed E-state index contributed by atoms with van der Waals surface area (Å²) in [6, 6.07) is 11.4. The fourth-order valence-corrected chi connectivity index (χ4v) is 3.65. The fourth-order valence-electron chi connectivity index (χ4n) is 2.70. The van der Waals surface area contributed by atoms with E-state index in [1.807, 2.05) is 6.07 Å². The van der Waals surface area contributed by atoms with Gasteiger partial charge in [0.05, 0.1) is 10.6 Å². The van der Waals surface area contributed by atoms with Crippen molar-refractivity contribution in [2.45, 2.75) is 20.3 Å². The maximum Gasteiger partial charge on any atom is 0.271 e. The molecule has 0 aliphatic heterocycles. The number of benzene rings is 1. The van der Waals surface area contributed by atoms with E-state index in [0.29, 0.717) is 22.4 Å². The van der Waals surface area contributed by atoms with Crippen LogP contribution in [-0.4, -0.2) is 25.6 Å². The monoisotopic (exact) mass is 422 g/mol. The van der Waals surface area contributed by atoms with Crippen LogP contribution >= 0.6 is 11.3 Å². The second-order valence-electron chi connectivity index (χ2n) is 6.80. The number of nitro groups is 1. The number of nitrogens with one attached hydrogen (secondary N) is 1. The summed E-state index contributed by atoms with van der Waals surface area (Å²) in [6.45, 7) is 4.12. The number of non-ortho nitro benzene ring substituents is 1. The van der Waals surface area contributed by atoms with Gasteiger partial charge >= 0.3 is 0 Å². The fraction of sp³-hybridized carbons (Fsp3) is 0.200. The van der Waals surface area contributed by atoms with E-state index < -0.39 is 10.8 Å². The van der Waals surface area contributed by atoms with Crippen LogP contribution in [-0.2, 0) is 11.2 Å². The van der Waals surface area contributed by atoms with Crippen molar-refractivity contribution in [1.82, 2.24) is 14.8 Å². The molecule has 0 spiro atoms. The summed E-state index contributed by atoms with van der Waals surface area (Å²) in [5, 5.41) is 32.2. The number of carbonyl (C=O) groups is 1. The average Bonchev–Trinajstić information content (AvgIpc) is 3.34. The number of anilines is 1. The third-order valence-electron chi connectivity index (χ3n) is 4.03. The van der Waals surface area contributed by atoms with Crippen molar-refractivity contribution < 1.29 is 9.72 Å². The SMILES string of the molecule is CC(C)Cc1nnc(NC(=O)/C(C#N)=C\c2cccn2-c2cccc([N+](=O)[O-])c2)s1. The molecule has 3 rings (SSSR count). The highest BCUT2D eigenvalue weighted by Gasteiger charge is 2.15. The highest BCUT2D eigenvalue weighted by atomic mass is 32.1. The zero-order chi connectivity index (χ0) is 21.7. The second kappa shape index (κ2) is 9.11. The number of amides is 1. The zero-order valence-electron chi connectivity index (χ0n) is 16.3. The van der Waals surface area contributed by atoms with Crippen LogP contribution in [0.3, 0.4) is 0 Å². The smallest absolute Gasteiger partial charge is 0.271 e. The Morgan fingerprint density at radius 3 is 2.87 bits per heavy atom. The molecule has 0 atom stereocenters. The minimum Gasteiger partial charge on any atom is -0.317 e. The molecule has 9 nitrogen and oxygen atoms in total. The molecular weight excluding hydrogens is 404 g/mol. The Hall–Kier alpha value is -3.84. The van der Waals surface area contributed by atoms with E-state index in [-0.39, 0.29) is 11.3 Å². The molecule has 152 valence electrons. The Bertz CT molecular complexity index is 1160. The lowest BCUT2D eigenvalue weighted by molar-refractivity contribution is -0.384.